The molecule has 4 aromatic rings. The van der Waals surface area contributed by atoms with Crippen LogP contribution in [0.2, 0.25) is 0 Å². The molecule has 148 valence electrons. The molecule has 0 atom stereocenters. The largest absolute Gasteiger partial charge is 0.872 e. The fourth-order valence-corrected chi connectivity index (χ4v) is 1.68. The Bertz CT molecular complexity index is 693. The molecule has 4 aromatic carbocycles. The second kappa shape index (κ2) is 17.1. The van der Waals surface area contributed by atoms with Crippen LogP contribution in [0.4, 0.5) is 0 Å². The van der Waals surface area contributed by atoms with Gasteiger partial charge >= 0.3 is 0 Å². The van der Waals surface area contributed by atoms with Crippen molar-refractivity contribution in [3.8, 4) is 23.0 Å². The normalized spacial score (nSPS) is 8.28. The Morgan fingerprint density at radius 1 is 0.276 bits per heavy atom. The van der Waals surface area contributed by atoms with Crippen LogP contribution in [0.3, 0.4) is 0 Å². The van der Waals surface area contributed by atoms with Gasteiger partial charge in [-0.05, 0) is 0 Å². The maximum atomic E-state index is 10.3. The second-order valence-electron chi connectivity index (χ2n) is 5.25. The maximum absolute atomic E-state index is 10.3. The van der Waals surface area contributed by atoms with E-state index in [4.69, 9.17) is 0 Å². The molecule has 4 rings (SSSR count). The van der Waals surface area contributed by atoms with E-state index in [1.807, 2.05) is 24.3 Å². The molecule has 0 saturated heterocycles. The number of hydrogen-bond donors (Lipinski definition) is 0. The molecule has 0 heterocycles. The molecule has 4 nitrogen and oxygen atoms in total. The summed E-state index contributed by atoms with van der Waals surface area (Å²) in [5.74, 6) is 0.287. The summed E-state index contributed by atoms with van der Waals surface area (Å²) < 4.78 is 0. The third-order valence-electron chi connectivity index (χ3n) is 2.97. The van der Waals surface area contributed by atoms with E-state index in [0.29, 0.717) is 0 Å². The van der Waals surface area contributed by atoms with E-state index in [0.717, 1.165) is 0 Å². The molecule has 0 aliphatic heterocycles. The Kier molecular flexibility index (Phi) is 15.4. The Balaban J connectivity index is 0.000000356. The first-order chi connectivity index (χ1) is 13.6. The van der Waals surface area contributed by atoms with Crippen molar-refractivity contribution in [2.24, 2.45) is 0 Å². The molecule has 0 aliphatic rings. The van der Waals surface area contributed by atoms with E-state index in [2.05, 4.69) is 0 Å². The first-order valence-electron chi connectivity index (χ1n) is 8.46. The van der Waals surface area contributed by atoms with E-state index < -0.39 is 0 Å². The van der Waals surface area contributed by atoms with Gasteiger partial charge in [0.2, 0.25) is 0 Å². The number of para-hydroxylation sites is 4. The molecule has 0 aliphatic carbocycles. The molecular formula is C24H20O4Pb-4. The zero-order chi connectivity index (χ0) is 20.5. The van der Waals surface area contributed by atoms with Crippen LogP contribution in [0.1, 0.15) is 0 Å². The van der Waals surface area contributed by atoms with Crippen molar-refractivity contribution >= 4 is 27.3 Å². The van der Waals surface area contributed by atoms with Crippen LogP contribution in [-0.4, -0.2) is 27.3 Å². The molecule has 0 fully saturated rings. The van der Waals surface area contributed by atoms with E-state index in [9.17, 15) is 20.4 Å². The van der Waals surface area contributed by atoms with Crippen LogP contribution in [-0.2, 0) is 0 Å². The van der Waals surface area contributed by atoms with E-state index in [1.54, 1.807) is 48.5 Å². The smallest absolute Gasteiger partial charge is 0 e. The van der Waals surface area contributed by atoms with Crippen molar-refractivity contribution in [1.82, 2.24) is 0 Å². The molecule has 0 aromatic heterocycles. The summed E-state index contributed by atoms with van der Waals surface area (Å²) in [4.78, 5) is 0. The zero-order valence-electron chi connectivity index (χ0n) is 15.7. The molecule has 4 radical (unpaired) electrons. The summed E-state index contributed by atoms with van der Waals surface area (Å²) in [6.07, 6.45) is 0. The molecular weight excluding hydrogens is 559 g/mol. The van der Waals surface area contributed by atoms with Gasteiger partial charge in [0.25, 0.3) is 0 Å². The van der Waals surface area contributed by atoms with Crippen LogP contribution in [0.15, 0.2) is 121 Å². The summed E-state index contributed by atoms with van der Waals surface area (Å²) in [7, 11) is 0. The van der Waals surface area contributed by atoms with Crippen LogP contribution in [0, 0.1) is 0 Å². The third-order valence-corrected chi connectivity index (χ3v) is 2.97. The summed E-state index contributed by atoms with van der Waals surface area (Å²) in [5.41, 5.74) is 0. The van der Waals surface area contributed by atoms with Gasteiger partial charge in [-0.1, -0.05) is 121 Å². The molecule has 29 heavy (non-hydrogen) atoms. The SMILES string of the molecule is [O-]c1ccccc1.[O-]c1ccccc1.[O-]c1ccccc1.[O-]c1ccccc1.[Pb]. The number of benzene rings is 4. The molecule has 0 amide bonds. The van der Waals surface area contributed by atoms with Gasteiger partial charge in [0, 0.05) is 27.3 Å². The van der Waals surface area contributed by atoms with Crippen LogP contribution in [0.5, 0.6) is 23.0 Å². The Morgan fingerprint density at radius 2 is 0.414 bits per heavy atom. The standard InChI is InChI=1S/4C6H6O.Pb/c4*7-6-4-2-1-3-5-6;/h4*1-5,7H;/p-4. The predicted octanol–water partition coefficient (Wildman–Crippen LogP) is 2.66. The summed E-state index contributed by atoms with van der Waals surface area (Å²) in [6.45, 7) is 0. The van der Waals surface area contributed by atoms with Crippen LogP contribution >= 0.6 is 0 Å². The predicted molar refractivity (Wildman–Crippen MR) is 109 cm³/mol. The average Bonchev–Trinajstić information content (AvgIpc) is 2.72. The monoisotopic (exact) mass is 580 g/mol. The van der Waals surface area contributed by atoms with Gasteiger partial charge in [0.05, 0.1) is 0 Å². The zero-order valence-corrected chi connectivity index (χ0v) is 19.6. The van der Waals surface area contributed by atoms with Gasteiger partial charge < -0.3 is 20.4 Å². The Morgan fingerprint density at radius 3 is 0.483 bits per heavy atom. The minimum absolute atomic E-state index is 0. The van der Waals surface area contributed by atoms with E-state index in [1.165, 1.54) is 48.5 Å². The molecule has 0 saturated carbocycles. The maximum Gasteiger partial charge on any atom is 0 e. The van der Waals surface area contributed by atoms with Gasteiger partial charge in [-0.15, -0.1) is 23.0 Å². The Labute approximate surface area is 191 Å². The molecule has 0 bridgehead atoms. The van der Waals surface area contributed by atoms with Gasteiger partial charge in [-0.25, -0.2) is 0 Å². The van der Waals surface area contributed by atoms with Crippen LogP contribution < -0.4 is 20.4 Å². The van der Waals surface area contributed by atoms with Crippen molar-refractivity contribution in [3.63, 3.8) is 0 Å². The van der Waals surface area contributed by atoms with Crippen molar-refractivity contribution in [1.29, 1.82) is 0 Å². The molecule has 5 heteroatoms. The molecule has 0 spiro atoms. The van der Waals surface area contributed by atoms with Gasteiger partial charge in [0.1, 0.15) is 0 Å². The summed E-state index contributed by atoms with van der Waals surface area (Å²) in [5, 5.41) is 41.1. The number of hydrogen-bond acceptors (Lipinski definition) is 4. The minimum atomic E-state index is 0. The average molecular weight is 580 g/mol. The van der Waals surface area contributed by atoms with Crippen molar-refractivity contribution in [2.75, 3.05) is 0 Å². The van der Waals surface area contributed by atoms with Gasteiger partial charge in [-0.3, -0.25) is 0 Å². The minimum Gasteiger partial charge on any atom is -0.872 e. The van der Waals surface area contributed by atoms with Gasteiger partial charge in [-0.2, -0.15) is 0 Å². The van der Waals surface area contributed by atoms with Crippen molar-refractivity contribution in [2.45, 2.75) is 0 Å². The first-order valence-corrected chi connectivity index (χ1v) is 8.46. The molecule has 0 N–H and O–H groups in total. The Hall–Kier alpha value is -3.00. The van der Waals surface area contributed by atoms with Crippen LogP contribution in [0.25, 0.3) is 0 Å². The van der Waals surface area contributed by atoms with Crippen molar-refractivity contribution in [3.05, 3.63) is 121 Å². The van der Waals surface area contributed by atoms with Crippen molar-refractivity contribution < 1.29 is 20.4 Å². The number of rotatable bonds is 0. The quantitative estimate of drug-likeness (QED) is 0.300. The second-order valence-corrected chi connectivity index (χ2v) is 5.25. The fraction of sp³-hybridized carbons (Fsp3) is 0. The summed E-state index contributed by atoms with van der Waals surface area (Å²) in [6, 6.07) is 33.3. The topological polar surface area (TPSA) is 92.2 Å². The molecule has 0 unspecified atom stereocenters. The van der Waals surface area contributed by atoms with Gasteiger partial charge in [0.15, 0.2) is 0 Å². The fourth-order valence-electron chi connectivity index (χ4n) is 1.68. The summed E-state index contributed by atoms with van der Waals surface area (Å²) >= 11 is 0. The third kappa shape index (κ3) is 15.7. The van der Waals surface area contributed by atoms with E-state index in [-0.39, 0.29) is 50.3 Å². The van der Waals surface area contributed by atoms with E-state index >= 15 is 0 Å². The first kappa shape index (κ1) is 26.0.